The van der Waals surface area contributed by atoms with Crippen molar-refractivity contribution in [3.05, 3.63) is 46.5 Å². The molecule has 2 atom stereocenters. The number of aryl methyl sites for hydroxylation is 1. The molecule has 2 aromatic carbocycles. The molecule has 32 heavy (non-hydrogen) atoms. The van der Waals surface area contributed by atoms with E-state index in [2.05, 4.69) is 18.2 Å². The lowest BCUT2D eigenvalue weighted by molar-refractivity contribution is 0.174. The van der Waals surface area contributed by atoms with Crippen LogP contribution < -0.4 is 18.4 Å². The average molecular weight is 457 g/mol. The van der Waals surface area contributed by atoms with E-state index in [0.29, 0.717) is 36.2 Å². The molecule has 170 valence electrons. The van der Waals surface area contributed by atoms with Crippen LogP contribution >= 0.6 is 0 Å². The highest BCUT2D eigenvalue weighted by molar-refractivity contribution is 7.87. The van der Waals surface area contributed by atoms with Crippen molar-refractivity contribution in [1.82, 2.24) is 0 Å². The number of methoxy groups -OCH3 is 1. The summed E-state index contributed by atoms with van der Waals surface area (Å²) in [6.07, 6.45) is 6.94. The first-order chi connectivity index (χ1) is 15.5. The largest absolute Gasteiger partial charge is 0.493 e. The highest BCUT2D eigenvalue weighted by atomic mass is 32.2. The molecule has 0 radical (unpaired) electrons. The van der Waals surface area contributed by atoms with Crippen LogP contribution in [0.4, 0.5) is 0 Å². The summed E-state index contributed by atoms with van der Waals surface area (Å²) in [6, 6.07) is 8.22. The van der Waals surface area contributed by atoms with Crippen LogP contribution in [0.2, 0.25) is 0 Å². The molecule has 1 heterocycles. The summed E-state index contributed by atoms with van der Waals surface area (Å²) < 4.78 is 48.6. The van der Waals surface area contributed by atoms with Crippen molar-refractivity contribution in [3.8, 4) is 23.0 Å². The second-order valence-corrected chi connectivity index (χ2v) is 11.3. The van der Waals surface area contributed by atoms with Gasteiger partial charge >= 0.3 is 10.1 Å². The molecule has 1 aliphatic heterocycles. The Kier molecular flexibility index (Phi) is 4.79. The van der Waals surface area contributed by atoms with Gasteiger partial charge in [-0.05, 0) is 85.3 Å². The van der Waals surface area contributed by atoms with Gasteiger partial charge in [-0.3, -0.25) is 0 Å². The molecule has 0 spiro atoms. The Hall–Kier alpha value is -2.41. The molecule has 2 aromatic rings. The van der Waals surface area contributed by atoms with Gasteiger partial charge in [0, 0.05) is 5.56 Å². The Morgan fingerprint density at radius 1 is 0.969 bits per heavy atom. The Bertz CT molecular complexity index is 1170. The third-order valence-corrected chi connectivity index (χ3v) is 9.43. The van der Waals surface area contributed by atoms with E-state index in [1.165, 1.54) is 11.1 Å². The molecule has 0 saturated heterocycles. The SMILES string of the molecule is COc1ccc2c(c1OS(=O)(=O)C1CCCC1)CC1CCc3cc4c(cc3C1C2)OCO4. The predicted octanol–water partition coefficient (Wildman–Crippen LogP) is 4.52. The van der Waals surface area contributed by atoms with Crippen molar-refractivity contribution in [2.45, 2.75) is 62.5 Å². The van der Waals surface area contributed by atoms with Gasteiger partial charge in [-0.25, -0.2) is 0 Å². The van der Waals surface area contributed by atoms with Crippen molar-refractivity contribution in [2.75, 3.05) is 13.9 Å². The van der Waals surface area contributed by atoms with Gasteiger partial charge < -0.3 is 18.4 Å². The number of rotatable bonds is 4. The molecule has 0 N–H and O–H groups in total. The minimum atomic E-state index is -3.67. The zero-order valence-electron chi connectivity index (χ0n) is 18.3. The van der Waals surface area contributed by atoms with Crippen LogP contribution in [0, 0.1) is 5.92 Å². The van der Waals surface area contributed by atoms with Gasteiger partial charge in [0.1, 0.15) is 0 Å². The smallest absolute Gasteiger partial charge is 0.312 e. The van der Waals surface area contributed by atoms with E-state index < -0.39 is 15.4 Å². The quantitative estimate of drug-likeness (QED) is 0.630. The highest BCUT2D eigenvalue weighted by Crippen LogP contribution is 2.50. The molecular weight excluding hydrogens is 428 g/mol. The molecule has 2 unspecified atom stereocenters. The van der Waals surface area contributed by atoms with E-state index in [0.717, 1.165) is 61.2 Å². The summed E-state index contributed by atoms with van der Waals surface area (Å²) in [4.78, 5) is 0. The van der Waals surface area contributed by atoms with Gasteiger partial charge in [-0.15, -0.1) is 0 Å². The summed E-state index contributed by atoms with van der Waals surface area (Å²) in [5, 5.41) is -0.412. The third-order valence-electron chi connectivity index (χ3n) is 7.74. The maximum absolute atomic E-state index is 13.0. The molecule has 0 aromatic heterocycles. The normalized spacial score (nSPS) is 23.9. The van der Waals surface area contributed by atoms with Crippen LogP contribution in [-0.4, -0.2) is 27.6 Å². The van der Waals surface area contributed by atoms with Gasteiger partial charge in [0.15, 0.2) is 23.0 Å². The minimum Gasteiger partial charge on any atom is -0.493 e. The van der Waals surface area contributed by atoms with Crippen LogP contribution in [0.15, 0.2) is 24.3 Å². The van der Waals surface area contributed by atoms with E-state index in [4.69, 9.17) is 18.4 Å². The average Bonchev–Trinajstić information content (AvgIpc) is 3.49. The van der Waals surface area contributed by atoms with Crippen LogP contribution in [0.5, 0.6) is 23.0 Å². The molecule has 1 fully saturated rings. The lowest BCUT2D eigenvalue weighted by atomic mass is 9.66. The molecule has 0 bridgehead atoms. The van der Waals surface area contributed by atoms with Gasteiger partial charge in [-0.1, -0.05) is 18.9 Å². The summed E-state index contributed by atoms with van der Waals surface area (Å²) in [5.41, 5.74) is 4.83. The molecule has 1 saturated carbocycles. The van der Waals surface area contributed by atoms with E-state index in [1.54, 1.807) is 7.11 Å². The fraction of sp³-hybridized carbons (Fsp3) is 0.520. The first-order valence-electron chi connectivity index (χ1n) is 11.6. The number of benzene rings is 2. The summed E-state index contributed by atoms with van der Waals surface area (Å²) >= 11 is 0. The van der Waals surface area contributed by atoms with Gasteiger partial charge in [-0.2, -0.15) is 8.42 Å². The molecule has 6 nitrogen and oxygen atoms in total. The maximum atomic E-state index is 13.0. The lowest BCUT2D eigenvalue weighted by Crippen LogP contribution is -2.30. The zero-order chi connectivity index (χ0) is 21.9. The molecule has 7 heteroatoms. The van der Waals surface area contributed by atoms with E-state index in [9.17, 15) is 8.42 Å². The monoisotopic (exact) mass is 456 g/mol. The molecule has 0 amide bonds. The van der Waals surface area contributed by atoms with Crippen LogP contribution in [-0.2, 0) is 29.4 Å². The van der Waals surface area contributed by atoms with E-state index in [1.807, 2.05) is 6.07 Å². The first-order valence-corrected chi connectivity index (χ1v) is 13.0. The summed E-state index contributed by atoms with van der Waals surface area (Å²) in [6.45, 7) is 0.283. The fourth-order valence-corrected chi connectivity index (χ4v) is 7.51. The molecule has 3 aliphatic carbocycles. The lowest BCUT2D eigenvalue weighted by Gasteiger charge is -2.39. The second-order valence-electron chi connectivity index (χ2n) is 9.44. The Balaban J connectivity index is 1.37. The van der Waals surface area contributed by atoms with Crippen molar-refractivity contribution < 1.29 is 26.8 Å². The van der Waals surface area contributed by atoms with Crippen LogP contribution in [0.3, 0.4) is 0 Å². The molecule has 4 aliphatic rings. The fourth-order valence-electron chi connectivity index (χ4n) is 6.05. The number of hydrogen-bond donors (Lipinski definition) is 0. The number of ether oxygens (including phenoxy) is 3. The second kappa shape index (κ2) is 7.58. The maximum Gasteiger partial charge on any atom is 0.312 e. The van der Waals surface area contributed by atoms with E-state index in [-0.39, 0.29) is 6.79 Å². The van der Waals surface area contributed by atoms with Crippen molar-refractivity contribution in [1.29, 1.82) is 0 Å². The Morgan fingerprint density at radius 2 is 1.75 bits per heavy atom. The first kappa shape index (κ1) is 20.2. The van der Waals surface area contributed by atoms with Gasteiger partial charge in [0.2, 0.25) is 6.79 Å². The summed E-state index contributed by atoms with van der Waals surface area (Å²) in [7, 11) is -2.10. The minimum absolute atomic E-state index is 0.283. The van der Waals surface area contributed by atoms with Crippen LogP contribution in [0.25, 0.3) is 0 Å². The van der Waals surface area contributed by atoms with Crippen LogP contribution in [0.1, 0.15) is 60.3 Å². The predicted molar refractivity (Wildman–Crippen MR) is 119 cm³/mol. The number of hydrogen-bond acceptors (Lipinski definition) is 6. The molecular formula is C25H28O6S. The summed E-state index contributed by atoms with van der Waals surface area (Å²) in [5.74, 6) is 3.40. The molecule has 6 rings (SSSR count). The topological polar surface area (TPSA) is 71.1 Å². The number of fused-ring (bicyclic) bond motifs is 5. The Labute approximate surface area is 188 Å². The third kappa shape index (κ3) is 3.24. The standard InChI is InChI=1S/C25H28O6S/c1-28-22-9-8-16-10-19-15(6-7-17-12-23-24(13-20(17)19)30-14-29-23)11-21(16)25(22)31-32(26,27)18-4-2-3-5-18/h8-9,12-13,15,18-19H,2-7,10-11,14H2,1H3. The Morgan fingerprint density at radius 3 is 2.53 bits per heavy atom. The van der Waals surface area contributed by atoms with Gasteiger partial charge in [0.25, 0.3) is 0 Å². The van der Waals surface area contributed by atoms with Gasteiger partial charge in [0.05, 0.1) is 12.4 Å². The highest BCUT2D eigenvalue weighted by Gasteiger charge is 2.39. The van der Waals surface area contributed by atoms with Crippen molar-refractivity contribution in [2.24, 2.45) is 5.92 Å². The van der Waals surface area contributed by atoms with Crippen molar-refractivity contribution in [3.63, 3.8) is 0 Å². The van der Waals surface area contributed by atoms with E-state index >= 15 is 0 Å². The van der Waals surface area contributed by atoms with Crippen molar-refractivity contribution >= 4 is 10.1 Å². The zero-order valence-corrected chi connectivity index (χ0v) is 19.1.